The summed E-state index contributed by atoms with van der Waals surface area (Å²) in [5, 5.41) is 15.0. The van der Waals surface area contributed by atoms with E-state index >= 15 is 0 Å². The van der Waals surface area contributed by atoms with Gasteiger partial charge in [0, 0.05) is 36.2 Å². The van der Waals surface area contributed by atoms with Crippen LogP contribution in [0.2, 0.25) is 0 Å². The van der Waals surface area contributed by atoms with Crippen molar-refractivity contribution in [1.82, 2.24) is 10.6 Å². The number of carbonyl (C=O) groups is 3. The minimum Gasteiger partial charge on any atom is -0.392 e. The van der Waals surface area contributed by atoms with Crippen LogP contribution in [0.15, 0.2) is 48.5 Å². The minimum atomic E-state index is -0.179. The molecule has 0 radical (unpaired) electrons. The first-order valence-corrected chi connectivity index (χ1v) is 13.1. The normalized spacial score (nSPS) is 10.7. The molecule has 0 heterocycles. The van der Waals surface area contributed by atoms with E-state index in [2.05, 4.69) is 10.6 Å². The molecule has 0 atom stereocenters. The van der Waals surface area contributed by atoms with Crippen molar-refractivity contribution in [3.8, 4) is 0 Å². The van der Waals surface area contributed by atoms with Crippen molar-refractivity contribution < 1.29 is 19.5 Å². The van der Waals surface area contributed by atoms with Crippen molar-refractivity contribution in [3.63, 3.8) is 0 Å². The van der Waals surface area contributed by atoms with Crippen molar-refractivity contribution in [1.29, 1.82) is 0 Å². The van der Waals surface area contributed by atoms with Gasteiger partial charge in [-0.3, -0.25) is 14.4 Å². The Morgan fingerprint density at radius 3 is 1.81 bits per heavy atom. The molecule has 196 valence electrons. The summed E-state index contributed by atoms with van der Waals surface area (Å²) in [4.78, 5) is 37.1. The molecule has 0 aliphatic heterocycles. The second kappa shape index (κ2) is 17.4. The molecule has 7 heteroatoms. The molecule has 0 fully saturated rings. The van der Waals surface area contributed by atoms with Gasteiger partial charge in [0.1, 0.15) is 0 Å². The number of nitrogens with one attached hydrogen (secondary N) is 2. The first-order chi connectivity index (χ1) is 17.5. The molecule has 0 aromatic heterocycles. The van der Waals surface area contributed by atoms with Crippen LogP contribution in [0.5, 0.6) is 0 Å². The van der Waals surface area contributed by atoms with Crippen LogP contribution in [0.4, 0.5) is 0 Å². The van der Waals surface area contributed by atoms with Crippen molar-refractivity contribution in [2.24, 2.45) is 5.73 Å². The molecule has 2 rings (SSSR count). The van der Waals surface area contributed by atoms with E-state index in [9.17, 15) is 19.5 Å². The van der Waals surface area contributed by atoms with Gasteiger partial charge >= 0.3 is 0 Å². The van der Waals surface area contributed by atoms with E-state index in [1.807, 2.05) is 0 Å². The Labute approximate surface area is 214 Å². The highest BCUT2D eigenvalue weighted by molar-refractivity contribution is 5.99. The molecule has 0 aliphatic carbocycles. The van der Waals surface area contributed by atoms with E-state index in [4.69, 9.17) is 5.73 Å². The highest BCUT2D eigenvalue weighted by Gasteiger charge is 2.10. The Morgan fingerprint density at radius 1 is 0.667 bits per heavy atom. The first-order valence-electron chi connectivity index (χ1n) is 13.1. The van der Waals surface area contributed by atoms with E-state index in [0.717, 1.165) is 63.4 Å². The van der Waals surface area contributed by atoms with E-state index < -0.39 is 0 Å². The standard InChI is InChI=1S/C29H41N3O4/c30-17-7-3-5-9-19-32-29(36)26-15-11-14-25(21-26)28(35)31-18-8-4-1-2-6-16-27(34)24-13-10-12-23(20-24)22-33/h10-15,20-21,33H,1-9,16-19,22,30H2,(H,31,35)(H,32,36). The molecule has 7 nitrogen and oxygen atoms in total. The van der Waals surface area contributed by atoms with Crippen molar-refractivity contribution in [2.75, 3.05) is 19.6 Å². The molecule has 0 spiro atoms. The number of unbranched alkanes of at least 4 members (excludes halogenated alkanes) is 7. The van der Waals surface area contributed by atoms with Gasteiger partial charge in [-0.15, -0.1) is 0 Å². The summed E-state index contributed by atoms with van der Waals surface area (Å²) in [6.07, 6.45) is 9.17. The van der Waals surface area contributed by atoms with Gasteiger partial charge in [0.25, 0.3) is 11.8 Å². The van der Waals surface area contributed by atoms with Gasteiger partial charge < -0.3 is 21.5 Å². The van der Waals surface area contributed by atoms with Gasteiger partial charge in [0.15, 0.2) is 5.78 Å². The third-order valence-corrected chi connectivity index (χ3v) is 6.10. The monoisotopic (exact) mass is 495 g/mol. The fourth-order valence-corrected chi connectivity index (χ4v) is 3.96. The fourth-order valence-electron chi connectivity index (χ4n) is 3.96. The molecule has 36 heavy (non-hydrogen) atoms. The number of amides is 2. The molecular weight excluding hydrogens is 454 g/mol. The van der Waals surface area contributed by atoms with Gasteiger partial charge in [0.05, 0.1) is 6.61 Å². The van der Waals surface area contributed by atoms with Crippen molar-refractivity contribution in [2.45, 2.75) is 70.8 Å². The Hall–Kier alpha value is -3.03. The van der Waals surface area contributed by atoms with Crippen molar-refractivity contribution in [3.05, 3.63) is 70.8 Å². The van der Waals surface area contributed by atoms with Crippen molar-refractivity contribution >= 4 is 17.6 Å². The van der Waals surface area contributed by atoms with Crippen LogP contribution in [0.1, 0.15) is 101 Å². The van der Waals surface area contributed by atoms with Crippen LogP contribution >= 0.6 is 0 Å². The largest absolute Gasteiger partial charge is 0.392 e. The van der Waals surface area contributed by atoms with E-state index in [1.165, 1.54) is 0 Å². The lowest BCUT2D eigenvalue weighted by molar-refractivity contribution is 0.0948. The Bertz CT molecular complexity index is 961. The first kappa shape index (κ1) is 29.2. The molecule has 0 unspecified atom stereocenters. The predicted molar refractivity (Wildman–Crippen MR) is 143 cm³/mol. The van der Waals surface area contributed by atoms with E-state index in [0.29, 0.717) is 42.7 Å². The zero-order valence-electron chi connectivity index (χ0n) is 21.3. The maximum atomic E-state index is 12.5. The second-order valence-electron chi connectivity index (χ2n) is 9.09. The molecule has 0 aliphatic rings. The summed E-state index contributed by atoms with van der Waals surface area (Å²) in [5.41, 5.74) is 7.86. The van der Waals surface area contributed by atoms with Gasteiger partial charge in [-0.2, -0.15) is 0 Å². The Morgan fingerprint density at radius 2 is 1.19 bits per heavy atom. The highest BCUT2D eigenvalue weighted by atomic mass is 16.3. The van der Waals surface area contributed by atoms with Gasteiger partial charge in [-0.25, -0.2) is 0 Å². The average Bonchev–Trinajstić information content (AvgIpc) is 2.91. The number of nitrogens with two attached hydrogens (primary N) is 1. The van der Waals surface area contributed by atoms with Crippen LogP contribution in [0, 0.1) is 0 Å². The molecule has 2 aromatic carbocycles. The van der Waals surface area contributed by atoms with Gasteiger partial charge in [0.2, 0.25) is 0 Å². The summed E-state index contributed by atoms with van der Waals surface area (Å²) < 4.78 is 0. The molecule has 0 saturated heterocycles. The number of ketones is 1. The van der Waals surface area contributed by atoms with Crippen LogP contribution in [0.25, 0.3) is 0 Å². The second-order valence-corrected chi connectivity index (χ2v) is 9.09. The molecular formula is C29H41N3O4. The van der Waals surface area contributed by atoms with Gasteiger partial charge in [-0.1, -0.05) is 56.4 Å². The lowest BCUT2D eigenvalue weighted by atomic mass is 10.0. The fraction of sp³-hybridized carbons (Fsp3) is 0.483. The summed E-state index contributed by atoms with van der Waals surface area (Å²) in [6, 6.07) is 13.9. The quantitative estimate of drug-likeness (QED) is 0.181. The number of rotatable bonds is 18. The number of carbonyl (C=O) groups excluding carboxylic acids is 3. The number of aliphatic hydroxyl groups is 1. The molecule has 0 saturated carbocycles. The summed E-state index contributed by atoms with van der Waals surface area (Å²) in [7, 11) is 0. The third-order valence-electron chi connectivity index (χ3n) is 6.10. The Kier molecular flexibility index (Phi) is 14.1. The summed E-state index contributed by atoms with van der Waals surface area (Å²) in [5.74, 6) is -0.235. The lowest BCUT2D eigenvalue weighted by Crippen LogP contribution is -2.26. The smallest absolute Gasteiger partial charge is 0.251 e. The zero-order chi connectivity index (χ0) is 26.0. The van der Waals surface area contributed by atoms with E-state index in [-0.39, 0.29) is 24.2 Å². The number of aliphatic hydroxyl groups excluding tert-OH is 1. The number of Topliss-reactive ketones (excluding diaryl/α,β-unsaturated/α-hetero) is 1. The van der Waals surface area contributed by atoms with E-state index in [1.54, 1.807) is 48.5 Å². The summed E-state index contributed by atoms with van der Waals surface area (Å²) in [6.45, 7) is 1.83. The molecule has 5 N–H and O–H groups in total. The highest BCUT2D eigenvalue weighted by Crippen LogP contribution is 2.12. The third kappa shape index (κ3) is 11.1. The zero-order valence-corrected chi connectivity index (χ0v) is 21.3. The Balaban J connectivity index is 1.58. The molecule has 2 amide bonds. The lowest BCUT2D eigenvalue weighted by Gasteiger charge is -2.08. The van der Waals surface area contributed by atoms with Crippen LogP contribution in [-0.2, 0) is 6.61 Å². The molecule has 2 aromatic rings. The average molecular weight is 496 g/mol. The van der Waals surface area contributed by atoms with Gasteiger partial charge in [-0.05, 0) is 62.1 Å². The van der Waals surface area contributed by atoms with Crippen LogP contribution < -0.4 is 16.4 Å². The summed E-state index contributed by atoms with van der Waals surface area (Å²) >= 11 is 0. The minimum absolute atomic E-state index is 0.0608. The molecule has 0 bridgehead atoms. The number of benzene rings is 2. The predicted octanol–water partition coefficient (Wildman–Crippen LogP) is 4.38. The number of hydrogen-bond donors (Lipinski definition) is 4. The maximum Gasteiger partial charge on any atom is 0.251 e. The van der Waals surface area contributed by atoms with Crippen LogP contribution in [-0.4, -0.2) is 42.3 Å². The number of hydrogen-bond acceptors (Lipinski definition) is 5. The maximum absolute atomic E-state index is 12.5. The van der Waals surface area contributed by atoms with Crippen LogP contribution in [0.3, 0.4) is 0 Å². The topological polar surface area (TPSA) is 122 Å². The SMILES string of the molecule is NCCCCCCNC(=O)c1cccc(C(=O)NCCCCCCCC(=O)c2cccc(CO)c2)c1.